The number of nitrogens with zero attached hydrogens (tertiary/aromatic N) is 1. The first kappa shape index (κ1) is 20.8. The van der Waals surface area contributed by atoms with Crippen molar-refractivity contribution < 1.29 is 14.3 Å². The van der Waals surface area contributed by atoms with E-state index in [1.807, 2.05) is 49.6 Å². The fourth-order valence-electron chi connectivity index (χ4n) is 2.52. The van der Waals surface area contributed by atoms with E-state index in [-0.39, 0.29) is 24.9 Å². The van der Waals surface area contributed by atoms with Gasteiger partial charge in [-0.2, -0.15) is 0 Å². The van der Waals surface area contributed by atoms with Gasteiger partial charge in [0.05, 0.1) is 25.9 Å². The fourth-order valence-corrected chi connectivity index (χ4v) is 2.98. The third-order valence-corrected chi connectivity index (χ3v) is 4.64. The maximum atomic E-state index is 12.3. The molecule has 0 aliphatic rings. The number of benzene rings is 2. The number of ether oxygens (including phenoxy) is 1. The first-order valence-corrected chi connectivity index (χ1v) is 9.87. The van der Waals surface area contributed by atoms with Crippen molar-refractivity contribution in [2.24, 2.45) is 0 Å². The predicted octanol–water partition coefficient (Wildman–Crippen LogP) is 3.32. The number of thioether (sulfide) groups is 1. The Balaban J connectivity index is 1.90. The van der Waals surface area contributed by atoms with E-state index in [1.165, 1.54) is 0 Å². The van der Waals surface area contributed by atoms with Crippen LogP contribution in [-0.4, -0.2) is 49.7 Å². The van der Waals surface area contributed by atoms with E-state index in [0.717, 1.165) is 10.6 Å². The predicted molar refractivity (Wildman–Crippen MR) is 111 cm³/mol. The number of rotatable bonds is 9. The Kier molecular flexibility index (Phi) is 8.16. The van der Waals surface area contributed by atoms with Crippen molar-refractivity contribution in [3.05, 3.63) is 48.5 Å². The van der Waals surface area contributed by atoms with Crippen molar-refractivity contribution in [1.82, 2.24) is 4.90 Å². The molecule has 0 heterocycles. The zero-order chi connectivity index (χ0) is 19.6. The summed E-state index contributed by atoms with van der Waals surface area (Å²) in [4.78, 5) is 27.5. The Morgan fingerprint density at radius 1 is 1.04 bits per heavy atom. The molecule has 0 aromatic heterocycles. The molecule has 0 spiro atoms. The number of methoxy groups -OCH3 is 1. The third kappa shape index (κ3) is 6.62. The molecule has 0 aliphatic carbocycles. The van der Waals surface area contributed by atoms with Crippen LogP contribution in [0.25, 0.3) is 0 Å². The molecule has 0 saturated carbocycles. The van der Waals surface area contributed by atoms with Gasteiger partial charge in [0.15, 0.2) is 0 Å². The number of para-hydroxylation sites is 2. The summed E-state index contributed by atoms with van der Waals surface area (Å²) >= 11 is 1.62. The lowest BCUT2D eigenvalue weighted by Crippen LogP contribution is -2.38. The van der Waals surface area contributed by atoms with Crippen molar-refractivity contribution in [3.8, 4) is 5.75 Å². The van der Waals surface area contributed by atoms with Crippen molar-refractivity contribution in [3.63, 3.8) is 0 Å². The molecule has 2 N–H and O–H groups in total. The van der Waals surface area contributed by atoms with Crippen LogP contribution in [0.4, 0.5) is 11.4 Å². The minimum atomic E-state index is -0.196. The Morgan fingerprint density at radius 2 is 1.74 bits per heavy atom. The van der Waals surface area contributed by atoms with Gasteiger partial charge in [0.2, 0.25) is 11.8 Å². The molecular weight excluding hydrogens is 362 g/mol. The smallest absolute Gasteiger partial charge is 0.238 e. The molecule has 0 bridgehead atoms. The highest BCUT2D eigenvalue weighted by Gasteiger charge is 2.14. The lowest BCUT2D eigenvalue weighted by molar-refractivity contribution is -0.119. The average molecular weight is 388 g/mol. The van der Waals surface area contributed by atoms with Crippen molar-refractivity contribution in [1.29, 1.82) is 0 Å². The number of likely N-dealkylation sites (N-methyl/N-ethyl adjacent to an activating group) is 1. The molecule has 2 aromatic rings. The lowest BCUT2D eigenvalue weighted by Gasteiger charge is -2.20. The highest BCUT2D eigenvalue weighted by molar-refractivity contribution is 7.98. The highest BCUT2D eigenvalue weighted by Crippen LogP contribution is 2.23. The second kappa shape index (κ2) is 10.6. The van der Waals surface area contributed by atoms with Crippen molar-refractivity contribution >= 4 is 35.0 Å². The van der Waals surface area contributed by atoms with E-state index in [2.05, 4.69) is 10.6 Å². The van der Waals surface area contributed by atoms with Gasteiger partial charge in [-0.3, -0.25) is 14.5 Å². The first-order valence-electron chi connectivity index (χ1n) is 8.64. The van der Waals surface area contributed by atoms with Crippen LogP contribution in [0.2, 0.25) is 0 Å². The maximum absolute atomic E-state index is 12.3. The van der Waals surface area contributed by atoms with Crippen LogP contribution in [0.5, 0.6) is 5.75 Å². The van der Waals surface area contributed by atoms with Gasteiger partial charge in [0, 0.05) is 10.6 Å². The second-order valence-corrected chi connectivity index (χ2v) is 6.71. The van der Waals surface area contributed by atoms with Crippen LogP contribution in [0, 0.1) is 0 Å². The van der Waals surface area contributed by atoms with Gasteiger partial charge < -0.3 is 15.4 Å². The Morgan fingerprint density at radius 3 is 2.41 bits per heavy atom. The molecular formula is C20H25N3O3S. The highest BCUT2D eigenvalue weighted by atomic mass is 32.2. The second-order valence-electron chi connectivity index (χ2n) is 5.83. The minimum Gasteiger partial charge on any atom is -0.495 e. The minimum absolute atomic E-state index is 0.118. The van der Waals surface area contributed by atoms with E-state index >= 15 is 0 Å². The number of hydrogen-bond donors (Lipinski definition) is 2. The normalized spacial score (nSPS) is 10.5. The maximum Gasteiger partial charge on any atom is 0.238 e. The van der Waals surface area contributed by atoms with Crippen molar-refractivity contribution in [2.75, 3.05) is 43.6 Å². The number of nitrogens with one attached hydrogen (secondary N) is 2. The van der Waals surface area contributed by atoms with Gasteiger partial charge >= 0.3 is 0 Å². The Labute approximate surface area is 164 Å². The van der Waals surface area contributed by atoms with Gasteiger partial charge in [0.1, 0.15) is 5.75 Å². The molecule has 0 saturated heterocycles. The van der Waals surface area contributed by atoms with E-state index in [0.29, 0.717) is 18.0 Å². The third-order valence-electron chi connectivity index (χ3n) is 3.92. The molecule has 0 atom stereocenters. The average Bonchev–Trinajstić information content (AvgIpc) is 2.67. The lowest BCUT2D eigenvalue weighted by atomic mass is 10.3. The molecule has 7 heteroatoms. The van der Waals surface area contributed by atoms with Gasteiger partial charge in [-0.05, 0) is 43.1 Å². The standard InChI is InChI=1S/C20H25N3O3S/c1-4-23(13-19(24)21-15-8-7-9-16(12-15)27-3)14-20(25)22-17-10-5-6-11-18(17)26-2/h5-12H,4,13-14H2,1-3H3,(H,21,24)(H,22,25). The number of carbonyl (C=O) groups is 2. The Bertz CT molecular complexity index is 783. The van der Waals surface area contributed by atoms with Crippen LogP contribution in [-0.2, 0) is 9.59 Å². The van der Waals surface area contributed by atoms with E-state index in [1.54, 1.807) is 35.9 Å². The van der Waals surface area contributed by atoms with Gasteiger partial charge in [-0.1, -0.05) is 25.1 Å². The SMILES string of the molecule is CCN(CC(=O)Nc1cccc(SC)c1)CC(=O)Nc1ccccc1OC. The quantitative estimate of drug-likeness (QED) is 0.646. The fraction of sp³-hybridized carbons (Fsp3) is 0.300. The van der Waals surface area contributed by atoms with Gasteiger partial charge in [-0.15, -0.1) is 11.8 Å². The zero-order valence-corrected chi connectivity index (χ0v) is 16.6. The first-order chi connectivity index (χ1) is 13.0. The number of anilines is 2. The van der Waals surface area contributed by atoms with Crippen LogP contribution in [0.3, 0.4) is 0 Å². The van der Waals surface area contributed by atoms with Gasteiger partial charge in [0.25, 0.3) is 0 Å². The van der Waals surface area contributed by atoms with Crippen molar-refractivity contribution in [2.45, 2.75) is 11.8 Å². The number of carbonyl (C=O) groups excluding carboxylic acids is 2. The van der Waals surface area contributed by atoms with Crippen LogP contribution in [0.15, 0.2) is 53.4 Å². The summed E-state index contributed by atoms with van der Waals surface area (Å²) in [6, 6.07) is 14.9. The zero-order valence-electron chi connectivity index (χ0n) is 15.8. The molecule has 2 aromatic carbocycles. The molecule has 2 amide bonds. The van der Waals surface area contributed by atoms with Gasteiger partial charge in [-0.25, -0.2) is 0 Å². The molecule has 0 fully saturated rings. The topological polar surface area (TPSA) is 70.7 Å². The molecule has 6 nitrogen and oxygen atoms in total. The number of hydrogen-bond acceptors (Lipinski definition) is 5. The van der Waals surface area contributed by atoms with Crippen LogP contribution < -0.4 is 15.4 Å². The van der Waals surface area contributed by atoms with E-state index in [4.69, 9.17) is 4.74 Å². The van der Waals surface area contributed by atoms with E-state index in [9.17, 15) is 9.59 Å². The summed E-state index contributed by atoms with van der Waals surface area (Å²) in [6.45, 7) is 2.75. The molecule has 0 unspecified atom stereocenters. The summed E-state index contributed by atoms with van der Waals surface area (Å²) in [5.41, 5.74) is 1.36. The molecule has 0 aliphatic heterocycles. The summed E-state index contributed by atoms with van der Waals surface area (Å²) < 4.78 is 5.23. The largest absolute Gasteiger partial charge is 0.495 e. The van der Waals surface area contributed by atoms with E-state index < -0.39 is 0 Å². The molecule has 144 valence electrons. The Hall–Kier alpha value is -2.51. The summed E-state index contributed by atoms with van der Waals surface area (Å²) in [6.07, 6.45) is 1.99. The molecule has 2 rings (SSSR count). The number of amides is 2. The molecule has 27 heavy (non-hydrogen) atoms. The summed E-state index contributed by atoms with van der Waals surface area (Å²) in [5, 5.41) is 5.70. The summed E-state index contributed by atoms with van der Waals surface area (Å²) in [5.74, 6) is 0.249. The monoisotopic (exact) mass is 387 g/mol. The van der Waals surface area contributed by atoms with Crippen LogP contribution >= 0.6 is 11.8 Å². The molecule has 0 radical (unpaired) electrons. The van der Waals surface area contributed by atoms with Crippen LogP contribution in [0.1, 0.15) is 6.92 Å². The summed E-state index contributed by atoms with van der Waals surface area (Å²) in [7, 11) is 1.56.